The summed E-state index contributed by atoms with van der Waals surface area (Å²) in [6.07, 6.45) is 3.15. The number of methoxy groups -OCH3 is 1. The van der Waals surface area contributed by atoms with E-state index in [2.05, 4.69) is 0 Å². The lowest BCUT2D eigenvalue weighted by Gasteiger charge is -2.20. The van der Waals surface area contributed by atoms with E-state index < -0.39 is 0 Å². The molecule has 0 aromatic heterocycles. The van der Waals surface area contributed by atoms with Gasteiger partial charge < -0.3 is 4.74 Å². The molecule has 0 aliphatic carbocycles. The van der Waals surface area contributed by atoms with Gasteiger partial charge in [-0.15, -0.1) is 0 Å². The second-order valence-corrected chi connectivity index (χ2v) is 4.46. The molecule has 1 saturated heterocycles. The topological polar surface area (TPSA) is 26.3 Å². The van der Waals surface area contributed by atoms with E-state index in [-0.39, 0.29) is 5.78 Å². The minimum absolute atomic E-state index is 0.259. The van der Waals surface area contributed by atoms with Gasteiger partial charge in [0.25, 0.3) is 0 Å². The molecule has 70 valence electrons. The molecule has 0 aromatic rings. The van der Waals surface area contributed by atoms with E-state index in [4.69, 9.17) is 4.74 Å². The van der Waals surface area contributed by atoms with Gasteiger partial charge in [0.1, 0.15) is 6.61 Å². The van der Waals surface area contributed by atoms with Crippen molar-refractivity contribution >= 4 is 17.5 Å². The predicted molar refractivity (Wildman–Crippen MR) is 51.5 cm³/mol. The molecule has 0 radical (unpaired) electrons. The van der Waals surface area contributed by atoms with Crippen molar-refractivity contribution < 1.29 is 9.53 Å². The number of hydrogen-bond acceptors (Lipinski definition) is 3. The summed E-state index contributed by atoms with van der Waals surface area (Å²) in [5.74, 6) is 3.35. The van der Waals surface area contributed by atoms with Crippen LogP contribution in [0.4, 0.5) is 0 Å². The van der Waals surface area contributed by atoms with Crippen LogP contribution in [0, 0.1) is 5.92 Å². The summed E-state index contributed by atoms with van der Waals surface area (Å²) in [6, 6.07) is 0. The molecule has 1 aliphatic rings. The Labute approximate surface area is 78.1 Å². The number of Topliss-reactive ketones (excluding diaryl/α,β-unsaturated/α-hetero) is 1. The molecule has 0 unspecified atom stereocenters. The summed E-state index contributed by atoms with van der Waals surface area (Å²) in [4.78, 5) is 11.2. The Balaban J connectivity index is 2.15. The molecule has 2 nitrogen and oxygen atoms in total. The Morgan fingerprint density at radius 1 is 1.50 bits per heavy atom. The molecule has 3 heteroatoms. The van der Waals surface area contributed by atoms with E-state index in [1.165, 1.54) is 24.3 Å². The zero-order valence-electron chi connectivity index (χ0n) is 7.54. The summed E-state index contributed by atoms with van der Waals surface area (Å²) in [5, 5.41) is 0. The second-order valence-electron chi connectivity index (χ2n) is 3.23. The van der Waals surface area contributed by atoms with Crippen molar-refractivity contribution in [1.82, 2.24) is 0 Å². The first-order valence-electron chi connectivity index (χ1n) is 4.41. The number of rotatable bonds is 4. The van der Waals surface area contributed by atoms with Crippen molar-refractivity contribution in [3.05, 3.63) is 0 Å². The quantitative estimate of drug-likeness (QED) is 0.672. The summed E-state index contributed by atoms with van der Waals surface area (Å²) < 4.78 is 4.79. The highest BCUT2D eigenvalue weighted by Gasteiger charge is 2.16. The highest BCUT2D eigenvalue weighted by atomic mass is 32.2. The van der Waals surface area contributed by atoms with Crippen LogP contribution in [0.25, 0.3) is 0 Å². The Morgan fingerprint density at radius 3 is 2.75 bits per heavy atom. The Morgan fingerprint density at radius 2 is 2.17 bits per heavy atom. The van der Waals surface area contributed by atoms with Crippen molar-refractivity contribution in [3.63, 3.8) is 0 Å². The van der Waals surface area contributed by atoms with E-state index in [1.54, 1.807) is 7.11 Å². The number of ketones is 1. The standard InChI is InChI=1S/C9H16O2S/c1-11-7-9(10)6-8-2-4-12-5-3-8/h8H,2-7H2,1H3. The van der Waals surface area contributed by atoms with Crippen LogP contribution in [0.5, 0.6) is 0 Å². The fraction of sp³-hybridized carbons (Fsp3) is 0.889. The lowest BCUT2D eigenvalue weighted by molar-refractivity contribution is -0.123. The number of ether oxygens (including phenoxy) is 1. The van der Waals surface area contributed by atoms with Crippen molar-refractivity contribution in [1.29, 1.82) is 0 Å². The molecule has 0 amide bonds. The molecular weight excluding hydrogens is 172 g/mol. The largest absolute Gasteiger partial charge is 0.377 e. The first-order valence-corrected chi connectivity index (χ1v) is 5.56. The lowest BCUT2D eigenvalue weighted by atomic mass is 9.97. The molecule has 12 heavy (non-hydrogen) atoms. The minimum Gasteiger partial charge on any atom is -0.377 e. The molecule has 1 rings (SSSR count). The number of thioether (sulfide) groups is 1. The fourth-order valence-electron chi connectivity index (χ4n) is 1.49. The Kier molecular flexibility index (Phi) is 4.69. The van der Waals surface area contributed by atoms with Crippen LogP contribution in [0.15, 0.2) is 0 Å². The van der Waals surface area contributed by atoms with Gasteiger partial charge >= 0.3 is 0 Å². The van der Waals surface area contributed by atoms with Gasteiger partial charge in [0.2, 0.25) is 0 Å². The van der Waals surface area contributed by atoms with Gasteiger partial charge in [-0.1, -0.05) is 0 Å². The molecule has 1 fully saturated rings. The SMILES string of the molecule is COCC(=O)CC1CCSCC1. The lowest BCUT2D eigenvalue weighted by Crippen LogP contribution is -2.17. The highest BCUT2D eigenvalue weighted by molar-refractivity contribution is 7.99. The molecule has 0 atom stereocenters. The van der Waals surface area contributed by atoms with E-state index in [1.807, 2.05) is 11.8 Å². The number of hydrogen-bond donors (Lipinski definition) is 0. The summed E-state index contributed by atoms with van der Waals surface area (Å²) in [7, 11) is 1.58. The minimum atomic E-state index is 0.259. The van der Waals surface area contributed by atoms with Crippen LogP contribution >= 0.6 is 11.8 Å². The average molecular weight is 188 g/mol. The van der Waals surface area contributed by atoms with Gasteiger partial charge in [-0.2, -0.15) is 11.8 Å². The van der Waals surface area contributed by atoms with E-state index in [0.717, 1.165) is 6.42 Å². The van der Waals surface area contributed by atoms with Gasteiger partial charge in [-0.25, -0.2) is 0 Å². The summed E-state index contributed by atoms with van der Waals surface area (Å²) in [6.45, 7) is 0.295. The first kappa shape index (κ1) is 10.1. The molecule has 0 N–H and O–H groups in total. The van der Waals surface area contributed by atoms with Crippen molar-refractivity contribution in [3.8, 4) is 0 Å². The van der Waals surface area contributed by atoms with Crippen molar-refractivity contribution in [2.75, 3.05) is 25.2 Å². The van der Waals surface area contributed by atoms with Gasteiger partial charge in [0.15, 0.2) is 5.78 Å². The van der Waals surface area contributed by atoms with Crippen molar-refractivity contribution in [2.24, 2.45) is 5.92 Å². The molecule has 1 heterocycles. The van der Waals surface area contributed by atoms with Crippen LogP contribution in [-0.4, -0.2) is 31.0 Å². The van der Waals surface area contributed by atoms with Crippen molar-refractivity contribution in [2.45, 2.75) is 19.3 Å². The van der Waals surface area contributed by atoms with Crippen LogP contribution in [0.2, 0.25) is 0 Å². The third-order valence-electron chi connectivity index (χ3n) is 2.16. The number of carbonyl (C=O) groups excluding carboxylic acids is 1. The maximum absolute atomic E-state index is 11.2. The monoisotopic (exact) mass is 188 g/mol. The van der Waals surface area contributed by atoms with E-state index in [0.29, 0.717) is 12.5 Å². The highest BCUT2D eigenvalue weighted by Crippen LogP contribution is 2.25. The van der Waals surface area contributed by atoms with Crippen LogP contribution in [-0.2, 0) is 9.53 Å². The van der Waals surface area contributed by atoms with Gasteiger partial charge in [0, 0.05) is 13.5 Å². The Hall–Kier alpha value is -0.0200. The average Bonchev–Trinajstić information content (AvgIpc) is 2.06. The smallest absolute Gasteiger partial charge is 0.158 e. The van der Waals surface area contributed by atoms with Gasteiger partial charge in [-0.3, -0.25) is 4.79 Å². The maximum atomic E-state index is 11.2. The Bertz CT molecular complexity index is 141. The summed E-state index contributed by atoms with van der Waals surface area (Å²) in [5.41, 5.74) is 0. The zero-order valence-corrected chi connectivity index (χ0v) is 8.36. The maximum Gasteiger partial charge on any atom is 0.158 e. The summed E-state index contributed by atoms with van der Waals surface area (Å²) >= 11 is 2.00. The number of carbonyl (C=O) groups is 1. The first-order chi connectivity index (χ1) is 5.83. The molecule has 0 aromatic carbocycles. The molecule has 0 spiro atoms. The molecule has 0 saturated carbocycles. The normalized spacial score (nSPS) is 19.4. The van der Waals surface area contributed by atoms with E-state index in [9.17, 15) is 4.79 Å². The zero-order chi connectivity index (χ0) is 8.81. The van der Waals surface area contributed by atoms with Gasteiger partial charge in [-0.05, 0) is 30.3 Å². The molecule has 1 aliphatic heterocycles. The molecule has 0 bridgehead atoms. The van der Waals surface area contributed by atoms with Crippen LogP contribution < -0.4 is 0 Å². The third-order valence-corrected chi connectivity index (χ3v) is 3.21. The van der Waals surface area contributed by atoms with Crippen LogP contribution in [0.1, 0.15) is 19.3 Å². The third kappa shape index (κ3) is 3.59. The van der Waals surface area contributed by atoms with E-state index >= 15 is 0 Å². The molecular formula is C9H16O2S. The second kappa shape index (κ2) is 5.60. The van der Waals surface area contributed by atoms with Crippen LogP contribution in [0.3, 0.4) is 0 Å². The van der Waals surface area contributed by atoms with Gasteiger partial charge in [0.05, 0.1) is 0 Å². The fourth-order valence-corrected chi connectivity index (χ4v) is 2.70. The predicted octanol–water partition coefficient (Wildman–Crippen LogP) is 1.74.